The molecule has 1 aromatic carbocycles. The van der Waals surface area contributed by atoms with E-state index >= 15 is 0 Å². The van der Waals surface area contributed by atoms with Crippen molar-refractivity contribution in [1.82, 2.24) is 0 Å². The predicted molar refractivity (Wildman–Crippen MR) is 74.1 cm³/mol. The van der Waals surface area contributed by atoms with Gasteiger partial charge in [0.15, 0.2) is 0 Å². The van der Waals surface area contributed by atoms with Gasteiger partial charge in [-0.25, -0.2) is 0 Å². The van der Waals surface area contributed by atoms with Gasteiger partial charge in [-0.15, -0.1) is 0 Å². The van der Waals surface area contributed by atoms with Crippen LogP contribution in [0, 0.1) is 0 Å². The minimum Gasteiger partial charge on any atom is -0.491 e. The van der Waals surface area contributed by atoms with E-state index in [0.29, 0.717) is 13.2 Å². The predicted octanol–water partition coefficient (Wildman–Crippen LogP) is 2.36. The lowest BCUT2D eigenvalue weighted by Gasteiger charge is -2.12. The van der Waals surface area contributed by atoms with E-state index in [-0.39, 0.29) is 28.1 Å². The van der Waals surface area contributed by atoms with Gasteiger partial charge in [0, 0.05) is 7.11 Å². The van der Waals surface area contributed by atoms with E-state index in [4.69, 9.17) is 14.2 Å². The molecular weight excluding hydrogens is 232 g/mol. The monoisotopic (exact) mass is 258 g/mol. The van der Waals surface area contributed by atoms with Crippen molar-refractivity contribution in [1.29, 1.82) is 0 Å². The number of rotatable bonds is 8. The highest BCUT2D eigenvalue weighted by Gasteiger charge is 2.04. The van der Waals surface area contributed by atoms with Gasteiger partial charge in [0.1, 0.15) is 18.5 Å². The highest BCUT2D eigenvalue weighted by Crippen LogP contribution is 2.08. The first kappa shape index (κ1) is 19.2. The molecule has 0 aromatic heterocycles. The van der Waals surface area contributed by atoms with Gasteiger partial charge in [0.25, 0.3) is 0 Å². The Hall–Kier alpha value is -1.10. The second-order valence-corrected chi connectivity index (χ2v) is 3.35. The Kier molecular flexibility index (Phi) is 13.2. The van der Waals surface area contributed by atoms with Crippen LogP contribution in [-0.2, 0) is 9.47 Å². The molecule has 0 bridgehead atoms. The van der Waals surface area contributed by atoms with Crippen LogP contribution < -0.4 is 4.74 Å². The Morgan fingerprint density at radius 2 is 1.72 bits per heavy atom. The molecule has 0 radical (unpaired) electrons. The molecule has 1 atom stereocenters. The summed E-state index contributed by atoms with van der Waals surface area (Å²) < 4.78 is 15.3. The normalized spacial score (nSPS) is 11.0. The fourth-order valence-corrected chi connectivity index (χ4v) is 1.12. The summed E-state index contributed by atoms with van der Waals surface area (Å²) in [5, 5.41) is 9.52. The van der Waals surface area contributed by atoms with Crippen molar-refractivity contribution in [3.05, 3.63) is 30.3 Å². The number of aliphatic hydroxyl groups is 1. The van der Waals surface area contributed by atoms with E-state index in [1.165, 1.54) is 0 Å². The standard InChI is InChI=1S/C12H18O4.2CH4/c1-14-7-8-15-9-11(13)10-16-12-5-3-2-4-6-12;;/h2-6,11,13H,7-10H2,1H3;2*1H4. The van der Waals surface area contributed by atoms with Crippen LogP contribution in [0.1, 0.15) is 14.9 Å². The first-order valence-electron chi connectivity index (χ1n) is 5.25. The van der Waals surface area contributed by atoms with Crippen LogP contribution in [0.15, 0.2) is 30.3 Å². The van der Waals surface area contributed by atoms with Gasteiger partial charge in [0.2, 0.25) is 0 Å². The lowest BCUT2D eigenvalue weighted by molar-refractivity contribution is -0.00419. The van der Waals surface area contributed by atoms with Crippen LogP contribution >= 0.6 is 0 Å². The number of benzene rings is 1. The van der Waals surface area contributed by atoms with Crippen LogP contribution in [0.2, 0.25) is 0 Å². The van der Waals surface area contributed by atoms with Crippen molar-refractivity contribution >= 4 is 0 Å². The SMILES string of the molecule is C.C.COCCOCC(O)COc1ccccc1. The maximum atomic E-state index is 9.52. The Morgan fingerprint density at radius 3 is 2.33 bits per heavy atom. The third-order valence-corrected chi connectivity index (χ3v) is 1.93. The smallest absolute Gasteiger partial charge is 0.119 e. The van der Waals surface area contributed by atoms with Crippen molar-refractivity contribution in [2.24, 2.45) is 0 Å². The summed E-state index contributed by atoms with van der Waals surface area (Å²) in [6, 6.07) is 9.38. The maximum absolute atomic E-state index is 9.52. The van der Waals surface area contributed by atoms with E-state index in [0.717, 1.165) is 5.75 Å². The summed E-state index contributed by atoms with van der Waals surface area (Å²) in [6.07, 6.45) is -0.614. The zero-order valence-corrected chi connectivity index (χ0v) is 9.46. The molecule has 1 rings (SSSR count). The fourth-order valence-electron chi connectivity index (χ4n) is 1.12. The van der Waals surface area contributed by atoms with Crippen LogP contribution in [0.25, 0.3) is 0 Å². The van der Waals surface area contributed by atoms with Crippen LogP contribution in [0.3, 0.4) is 0 Å². The average molecular weight is 258 g/mol. The largest absolute Gasteiger partial charge is 0.491 e. The molecule has 1 unspecified atom stereocenters. The van der Waals surface area contributed by atoms with Gasteiger partial charge in [-0.05, 0) is 12.1 Å². The Morgan fingerprint density at radius 1 is 1.06 bits per heavy atom. The second-order valence-electron chi connectivity index (χ2n) is 3.35. The summed E-state index contributed by atoms with van der Waals surface area (Å²) in [7, 11) is 1.61. The van der Waals surface area contributed by atoms with Crippen LogP contribution in [0.4, 0.5) is 0 Å². The molecule has 0 aliphatic carbocycles. The maximum Gasteiger partial charge on any atom is 0.119 e. The number of hydrogen-bond donors (Lipinski definition) is 1. The van der Waals surface area contributed by atoms with Crippen molar-refractivity contribution in [3.8, 4) is 5.75 Å². The lowest BCUT2D eigenvalue weighted by Crippen LogP contribution is -2.24. The van der Waals surface area contributed by atoms with Crippen molar-refractivity contribution < 1.29 is 19.3 Å². The molecule has 0 saturated heterocycles. The molecule has 0 amide bonds. The molecule has 0 aliphatic rings. The number of ether oxygens (including phenoxy) is 3. The van der Waals surface area contributed by atoms with E-state index in [9.17, 15) is 5.11 Å². The van der Waals surface area contributed by atoms with Gasteiger partial charge < -0.3 is 19.3 Å². The summed E-state index contributed by atoms with van der Waals surface area (Å²) in [6.45, 7) is 1.51. The second kappa shape index (κ2) is 12.4. The fraction of sp³-hybridized carbons (Fsp3) is 0.571. The van der Waals surface area contributed by atoms with Crippen molar-refractivity contribution in [2.75, 3.05) is 33.5 Å². The van der Waals surface area contributed by atoms with Crippen molar-refractivity contribution in [2.45, 2.75) is 21.0 Å². The quantitative estimate of drug-likeness (QED) is 0.727. The lowest BCUT2D eigenvalue weighted by atomic mass is 10.3. The topological polar surface area (TPSA) is 47.9 Å². The molecule has 0 heterocycles. The minimum atomic E-state index is -0.614. The summed E-state index contributed by atoms with van der Waals surface area (Å²) >= 11 is 0. The van der Waals surface area contributed by atoms with E-state index < -0.39 is 6.10 Å². The summed E-state index contributed by atoms with van der Waals surface area (Å²) in [4.78, 5) is 0. The number of hydrogen-bond acceptors (Lipinski definition) is 4. The molecule has 0 spiro atoms. The first-order valence-corrected chi connectivity index (χ1v) is 5.25. The molecular formula is C14H26O4. The van der Waals surface area contributed by atoms with Crippen LogP contribution in [-0.4, -0.2) is 44.7 Å². The highest BCUT2D eigenvalue weighted by atomic mass is 16.5. The Labute approximate surface area is 110 Å². The first-order chi connectivity index (χ1) is 7.83. The Balaban J connectivity index is 0. The van der Waals surface area contributed by atoms with Gasteiger partial charge >= 0.3 is 0 Å². The molecule has 18 heavy (non-hydrogen) atoms. The zero-order chi connectivity index (χ0) is 11.6. The molecule has 0 saturated carbocycles. The number of para-hydroxylation sites is 1. The van der Waals surface area contributed by atoms with Gasteiger partial charge in [-0.2, -0.15) is 0 Å². The summed E-state index contributed by atoms with van der Waals surface area (Å²) in [5.74, 6) is 0.749. The van der Waals surface area contributed by atoms with Gasteiger partial charge in [0.05, 0.1) is 19.8 Å². The van der Waals surface area contributed by atoms with E-state index in [1.54, 1.807) is 7.11 Å². The molecule has 0 aliphatic heterocycles. The van der Waals surface area contributed by atoms with E-state index in [1.807, 2.05) is 30.3 Å². The average Bonchev–Trinajstić information content (AvgIpc) is 2.33. The molecule has 4 heteroatoms. The van der Waals surface area contributed by atoms with Gasteiger partial charge in [-0.3, -0.25) is 0 Å². The van der Waals surface area contributed by atoms with Gasteiger partial charge in [-0.1, -0.05) is 33.1 Å². The number of methoxy groups -OCH3 is 1. The third-order valence-electron chi connectivity index (χ3n) is 1.93. The zero-order valence-electron chi connectivity index (χ0n) is 9.46. The molecule has 106 valence electrons. The third kappa shape index (κ3) is 8.98. The number of aliphatic hydroxyl groups excluding tert-OH is 1. The van der Waals surface area contributed by atoms with Crippen molar-refractivity contribution in [3.63, 3.8) is 0 Å². The van der Waals surface area contributed by atoms with E-state index in [2.05, 4.69) is 0 Å². The Bertz CT molecular complexity index is 264. The minimum absolute atomic E-state index is 0. The molecule has 1 aromatic rings. The van der Waals surface area contributed by atoms with Crippen LogP contribution in [0.5, 0.6) is 5.75 Å². The molecule has 0 fully saturated rings. The summed E-state index contributed by atoms with van der Waals surface area (Å²) in [5.41, 5.74) is 0. The molecule has 4 nitrogen and oxygen atoms in total. The molecule has 1 N–H and O–H groups in total. The highest BCUT2D eigenvalue weighted by molar-refractivity contribution is 5.20.